The van der Waals surface area contributed by atoms with E-state index >= 15 is 0 Å². The summed E-state index contributed by atoms with van der Waals surface area (Å²) in [6, 6.07) is 20.0. The van der Waals surface area contributed by atoms with Crippen molar-refractivity contribution in [1.29, 1.82) is 0 Å². The third kappa shape index (κ3) is 13.6. The van der Waals surface area contributed by atoms with Crippen molar-refractivity contribution >= 4 is 0 Å². The fourth-order valence-corrected chi connectivity index (χ4v) is 2.96. The van der Waals surface area contributed by atoms with Crippen molar-refractivity contribution in [3.63, 3.8) is 0 Å². The van der Waals surface area contributed by atoms with Crippen molar-refractivity contribution in [3.8, 4) is 0 Å². The Morgan fingerprint density at radius 3 is 2.12 bits per heavy atom. The topological polar surface area (TPSA) is 57.2 Å². The number of hydrogen-bond acceptors (Lipinski definition) is 5. The molecule has 1 N–H and O–H groups in total. The van der Waals surface area contributed by atoms with E-state index in [1.165, 1.54) is 5.57 Å². The standard InChI is InChI=1S/C28H36O5/c1-25(12-9-11-19-30-23-31-21-26-13-4-2-5-14-26)20-28(17-8-10-18-29)33-24-32-22-27-15-6-3-7-16-27/h2-9,11-17,28-29H,10,18-24H2,1H3/b11-9+,17-8+,25-12-. The molecule has 0 heterocycles. The first-order chi connectivity index (χ1) is 16.3. The largest absolute Gasteiger partial charge is 0.396 e. The third-order valence-corrected chi connectivity index (χ3v) is 4.66. The molecule has 0 aliphatic rings. The Hall–Kier alpha value is -2.54. The van der Waals surface area contributed by atoms with Gasteiger partial charge in [0.2, 0.25) is 0 Å². The van der Waals surface area contributed by atoms with Gasteiger partial charge in [0.25, 0.3) is 0 Å². The van der Waals surface area contributed by atoms with Gasteiger partial charge in [-0.2, -0.15) is 0 Å². The van der Waals surface area contributed by atoms with E-state index < -0.39 is 0 Å². The highest BCUT2D eigenvalue weighted by Crippen LogP contribution is 2.11. The first-order valence-corrected chi connectivity index (χ1v) is 11.3. The Labute approximate surface area is 198 Å². The van der Waals surface area contributed by atoms with E-state index in [0.717, 1.165) is 17.5 Å². The van der Waals surface area contributed by atoms with E-state index in [9.17, 15) is 0 Å². The summed E-state index contributed by atoms with van der Waals surface area (Å²) in [5, 5.41) is 9.02. The fraction of sp³-hybridized carbons (Fsp3) is 0.357. The molecule has 0 aliphatic carbocycles. The number of aliphatic hydroxyl groups is 1. The van der Waals surface area contributed by atoms with Gasteiger partial charge in [-0.05, 0) is 30.9 Å². The Kier molecular flexibility index (Phi) is 14.5. The Morgan fingerprint density at radius 1 is 0.848 bits per heavy atom. The van der Waals surface area contributed by atoms with E-state index in [0.29, 0.717) is 26.2 Å². The second-order valence-electron chi connectivity index (χ2n) is 7.57. The van der Waals surface area contributed by atoms with E-state index in [-0.39, 0.29) is 26.3 Å². The molecule has 0 fully saturated rings. The van der Waals surface area contributed by atoms with Crippen LogP contribution in [-0.4, -0.2) is 38.0 Å². The summed E-state index contributed by atoms with van der Waals surface area (Å²) in [5.41, 5.74) is 3.42. The van der Waals surface area contributed by atoms with E-state index in [4.69, 9.17) is 24.1 Å². The van der Waals surface area contributed by atoms with E-state index in [1.807, 2.05) is 85.0 Å². The first kappa shape index (κ1) is 26.7. The van der Waals surface area contributed by atoms with E-state index in [1.54, 1.807) is 0 Å². The van der Waals surface area contributed by atoms with Crippen LogP contribution in [0.1, 0.15) is 30.9 Å². The summed E-state index contributed by atoms with van der Waals surface area (Å²) in [7, 11) is 0. The molecule has 2 aromatic rings. The molecule has 0 bridgehead atoms. The summed E-state index contributed by atoms with van der Waals surface area (Å²) in [6.07, 6.45) is 11.1. The highest BCUT2D eigenvalue weighted by atomic mass is 16.7. The molecule has 2 aromatic carbocycles. The van der Waals surface area contributed by atoms with Crippen LogP contribution in [0.4, 0.5) is 0 Å². The molecule has 0 radical (unpaired) electrons. The van der Waals surface area contributed by atoms with Crippen LogP contribution < -0.4 is 0 Å². The minimum absolute atomic E-state index is 0.111. The lowest BCUT2D eigenvalue weighted by molar-refractivity contribution is -0.0819. The molecule has 5 nitrogen and oxygen atoms in total. The van der Waals surface area contributed by atoms with Crippen LogP contribution in [-0.2, 0) is 32.2 Å². The smallest absolute Gasteiger partial charge is 0.147 e. The summed E-state index contributed by atoms with van der Waals surface area (Å²) < 4.78 is 22.5. The molecule has 0 aromatic heterocycles. The van der Waals surface area contributed by atoms with Crippen molar-refractivity contribution in [3.05, 3.63) is 108 Å². The molecule has 1 atom stereocenters. The van der Waals surface area contributed by atoms with Crippen molar-refractivity contribution in [2.45, 2.75) is 39.1 Å². The second-order valence-corrected chi connectivity index (χ2v) is 7.57. The highest BCUT2D eigenvalue weighted by molar-refractivity contribution is 5.14. The Bertz CT molecular complexity index is 815. The SMILES string of the molecule is C/C(=C/C=C/COCOCc1ccccc1)CC(/C=C/CCO)OCOCc1ccccc1. The molecule has 0 spiro atoms. The van der Waals surface area contributed by atoms with Gasteiger partial charge < -0.3 is 24.1 Å². The quantitative estimate of drug-likeness (QED) is 0.147. The summed E-state index contributed by atoms with van der Waals surface area (Å²) in [6.45, 7) is 4.21. The van der Waals surface area contributed by atoms with Crippen molar-refractivity contribution in [2.75, 3.05) is 26.8 Å². The van der Waals surface area contributed by atoms with Crippen molar-refractivity contribution < 1.29 is 24.1 Å². The zero-order chi connectivity index (χ0) is 23.4. The predicted molar refractivity (Wildman–Crippen MR) is 131 cm³/mol. The second kappa shape index (κ2) is 18.0. The average molecular weight is 453 g/mol. The number of allylic oxidation sites excluding steroid dienone is 2. The van der Waals surface area contributed by atoms with Gasteiger partial charge in [0.05, 0.1) is 25.9 Å². The number of ether oxygens (including phenoxy) is 4. The van der Waals surface area contributed by atoms with Crippen LogP contribution in [0.3, 0.4) is 0 Å². The minimum atomic E-state index is -0.111. The van der Waals surface area contributed by atoms with Crippen LogP contribution in [0.5, 0.6) is 0 Å². The van der Waals surface area contributed by atoms with Crippen LogP contribution in [0.15, 0.2) is 96.6 Å². The van der Waals surface area contributed by atoms with Crippen molar-refractivity contribution in [1.82, 2.24) is 0 Å². The zero-order valence-corrected chi connectivity index (χ0v) is 19.5. The van der Waals surface area contributed by atoms with Gasteiger partial charge in [-0.3, -0.25) is 0 Å². The van der Waals surface area contributed by atoms with Crippen LogP contribution >= 0.6 is 0 Å². The lowest BCUT2D eigenvalue weighted by Crippen LogP contribution is -2.13. The summed E-state index contributed by atoms with van der Waals surface area (Å²) in [4.78, 5) is 0. The number of rotatable bonds is 17. The van der Waals surface area contributed by atoms with Gasteiger partial charge in [0, 0.05) is 6.61 Å². The van der Waals surface area contributed by atoms with Gasteiger partial charge in [-0.25, -0.2) is 0 Å². The van der Waals surface area contributed by atoms with Crippen LogP contribution in [0.2, 0.25) is 0 Å². The van der Waals surface area contributed by atoms with Crippen LogP contribution in [0, 0.1) is 0 Å². The lowest BCUT2D eigenvalue weighted by Gasteiger charge is -2.15. The number of hydrogen-bond donors (Lipinski definition) is 1. The van der Waals surface area contributed by atoms with Gasteiger partial charge in [-0.1, -0.05) is 96.6 Å². The Balaban J connectivity index is 1.65. The molecular weight excluding hydrogens is 416 g/mol. The lowest BCUT2D eigenvalue weighted by atomic mass is 10.1. The van der Waals surface area contributed by atoms with Gasteiger partial charge >= 0.3 is 0 Å². The van der Waals surface area contributed by atoms with Crippen LogP contribution in [0.25, 0.3) is 0 Å². The van der Waals surface area contributed by atoms with E-state index in [2.05, 4.69) is 13.0 Å². The third-order valence-electron chi connectivity index (χ3n) is 4.66. The van der Waals surface area contributed by atoms with Crippen molar-refractivity contribution in [2.24, 2.45) is 0 Å². The number of aliphatic hydroxyl groups excluding tert-OH is 1. The number of benzene rings is 2. The molecule has 33 heavy (non-hydrogen) atoms. The molecule has 0 amide bonds. The molecule has 1 unspecified atom stereocenters. The maximum atomic E-state index is 9.02. The highest BCUT2D eigenvalue weighted by Gasteiger charge is 2.06. The normalized spacial score (nSPS) is 13.2. The molecule has 5 heteroatoms. The predicted octanol–water partition coefficient (Wildman–Crippen LogP) is 5.57. The summed E-state index contributed by atoms with van der Waals surface area (Å²) in [5.74, 6) is 0. The molecule has 0 saturated heterocycles. The Morgan fingerprint density at radius 2 is 1.48 bits per heavy atom. The van der Waals surface area contributed by atoms with Gasteiger partial charge in [0.1, 0.15) is 13.6 Å². The monoisotopic (exact) mass is 452 g/mol. The van der Waals surface area contributed by atoms with Gasteiger partial charge in [0.15, 0.2) is 0 Å². The molecule has 0 aliphatic heterocycles. The molecule has 0 saturated carbocycles. The molecular formula is C28H36O5. The maximum absolute atomic E-state index is 9.02. The first-order valence-electron chi connectivity index (χ1n) is 11.3. The maximum Gasteiger partial charge on any atom is 0.147 e. The minimum Gasteiger partial charge on any atom is -0.396 e. The average Bonchev–Trinajstić information content (AvgIpc) is 2.84. The zero-order valence-electron chi connectivity index (χ0n) is 19.5. The molecule has 178 valence electrons. The summed E-state index contributed by atoms with van der Waals surface area (Å²) >= 11 is 0. The molecule has 2 rings (SSSR count). The fourth-order valence-electron chi connectivity index (χ4n) is 2.96. The van der Waals surface area contributed by atoms with Gasteiger partial charge in [-0.15, -0.1) is 0 Å².